The van der Waals surface area contributed by atoms with E-state index < -0.39 is 5.63 Å². The van der Waals surface area contributed by atoms with Crippen molar-refractivity contribution in [2.24, 2.45) is 0 Å². The Labute approximate surface area is 161 Å². The summed E-state index contributed by atoms with van der Waals surface area (Å²) >= 11 is 0. The highest BCUT2D eigenvalue weighted by atomic mass is 16.5. The molecule has 5 nitrogen and oxygen atoms in total. The molecule has 1 N–H and O–H groups in total. The Morgan fingerprint density at radius 1 is 0.929 bits per heavy atom. The monoisotopic (exact) mass is 371 g/mol. The minimum absolute atomic E-state index is 0.262. The number of para-hydroxylation sites is 1. The van der Waals surface area contributed by atoms with Crippen LogP contribution in [0.1, 0.15) is 10.4 Å². The molecule has 1 aromatic heterocycles. The van der Waals surface area contributed by atoms with Gasteiger partial charge in [0, 0.05) is 16.6 Å². The zero-order valence-electron chi connectivity index (χ0n) is 15.1. The molecular weight excluding hydrogens is 354 g/mol. The first-order chi connectivity index (χ1) is 13.6. The van der Waals surface area contributed by atoms with Crippen LogP contribution in [0.5, 0.6) is 5.75 Å². The molecular formula is C23H17NO4. The number of fused-ring (bicyclic) bond motifs is 1. The van der Waals surface area contributed by atoms with E-state index in [0.717, 1.165) is 5.39 Å². The van der Waals surface area contributed by atoms with Gasteiger partial charge < -0.3 is 14.5 Å². The number of rotatable bonds is 4. The molecule has 0 aliphatic heterocycles. The minimum Gasteiger partial charge on any atom is -0.497 e. The molecule has 0 aliphatic carbocycles. The average molecular weight is 371 g/mol. The minimum atomic E-state index is -0.421. The standard InChI is InChI=1S/C23H17NO4/c1-27-19-10-5-8-17(13-19)22(25)24-18-9-4-7-15(12-18)20-14-16-6-2-3-11-21(16)28-23(20)26/h2-14H,1H3,(H,24,25). The normalized spacial score (nSPS) is 10.6. The number of hydrogen-bond donors (Lipinski definition) is 1. The van der Waals surface area contributed by atoms with E-state index in [4.69, 9.17) is 9.15 Å². The van der Waals surface area contributed by atoms with Crippen LogP contribution in [0.3, 0.4) is 0 Å². The highest BCUT2D eigenvalue weighted by molar-refractivity contribution is 6.04. The molecule has 0 spiro atoms. The average Bonchev–Trinajstić information content (AvgIpc) is 2.73. The van der Waals surface area contributed by atoms with E-state index in [1.165, 1.54) is 0 Å². The summed E-state index contributed by atoms with van der Waals surface area (Å²) in [7, 11) is 1.55. The second-order valence-electron chi connectivity index (χ2n) is 6.25. The quantitative estimate of drug-likeness (QED) is 0.527. The molecule has 0 unspecified atom stereocenters. The summed E-state index contributed by atoms with van der Waals surface area (Å²) in [6.07, 6.45) is 0. The largest absolute Gasteiger partial charge is 0.497 e. The van der Waals surface area contributed by atoms with E-state index in [1.807, 2.05) is 24.3 Å². The van der Waals surface area contributed by atoms with Crippen molar-refractivity contribution in [3.8, 4) is 16.9 Å². The van der Waals surface area contributed by atoms with Crippen LogP contribution in [0.15, 0.2) is 88.1 Å². The Morgan fingerprint density at radius 2 is 1.75 bits per heavy atom. The Balaban J connectivity index is 1.66. The van der Waals surface area contributed by atoms with Crippen LogP contribution in [0.4, 0.5) is 5.69 Å². The molecule has 28 heavy (non-hydrogen) atoms. The second-order valence-corrected chi connectivity index (χ2v) is 6.25. The van der Waals surface area contributed by atoms with Crippen molar-refractivity contribution in [3.63, 3.8) is 0 Å². The summed E-state index contributed by atoms with van der Waals surface area (Å²) in [5.74, 6) is 0.344. The number of methoxy groups -OCH3 is 1. The van der Waals surface area contributed by atoms with Crippen LogP contribution in [0.2, 0.25) is 0 Å². The summed E-state index contributed by atoms with van der Waals surface area (Å²) in [5, 5.41) is 3.69. The van der Waals surface area contributed by atoms with Gasteiger partial charge in [0.05, 0.1) is 12.7 Å². The maximum atomic E-state index is 12.5. The molecule has 0 aliphatic rings. The molecule has 4 rings (SSSR count). The maximum Gasteiger partial charge on any atom is 0.344 e. The number of amides is 1. The predicted octanol–water partition coefficient (Wildman–Crippen LogP) is 4.72. The third-order valence-corrected chi connectivity index (χ3v) is 4.40. The fraction of sp³-hybridized carbons (Fsp3) is 0.0435. The highest BCUT2D eigenvalue weighted by Crippen LogP contribution is 2.24. The molecule has 0 bridgehead atoms. The SMILES string of the molecule is COc1cccc(C(=O)Nc2cccc(-c3cc4ccccc4oc3=O)c2)c1. The lowest BCUT2D eigenvalue weighted by Crippen LogP contribution is -2.12. The van der Waals surface area contributed by atoms with E-state index in [-0.39, 0.29) is 5.91 Å². The topological polar surface area (TPSA) is 68.5 Å². The van der Waals surface area contributed by atoms with Gasteiger partial charge in [-0.25, -0.2) is 4.79 Å². The van der Waals surface area contributed by atoms with E-state index in [1.54, 1.807) is 61.7 Å². The molecule has 0 atom stereocenters. The van der Waals surface area contributed by atoms with Gasteiger partial charge in [0.25, 0.3) is 5.91 Å². The van der Waals surface area contributed by atoms with Crippen molar-refractivity contribution >= 4 is 22.6 Å². The first-order valence-electron chi connectivity index (χ1n) is 8.73. The van der Waals surface area contributed by atoms with Crippen LogP contribution >= 0.6 is 0 Å². The number of ether oxygens (including phenoxy) is 1. The van der Waals surface area contributed by atoms with Gasteiger partial charge >= 0.3 is 5.63 Å². The van der Waals surface area contributed by atoms with Gasteiger partial charge in [0.1, 0.15) is 11.3 Å². The third-order valence-electron chi connectivity index (χ3n) is 4.40. The van der Waals surface area contributed by atoms with Crippen LogP contribution in [-0.2, 0) is 0 Å². The molecule has 4 aromatic rings. The van der Waals surface area contributed by atoms with E-state index in [0.29, 0.717) is 33.7 Å². The zero-order valence-corrected chi connectivity index (χ0v) is 15.1. The Hall–Kier alpha value is -3.86. The fourth-order valence-corrected chi connectivity index (χ4v) is 3.00. The predicted molar refractivity (Wildman–Crippen MR) is 109 cm³/mol. The van der Waals surface area contributed by atoms with Crippen LogP contribution in [-0.4, -0.2) is 13.0 Å². The van der Waals surface area contributed by atoms with Gasteiger partial charge in [-0.15, -0.1) is 0 Å². The van der Waals surface area contributed by atoms with E-state index in [9.17, 15) is 9.59 Å². The maximum absolute atomic E-state index is 12.5. The lowest BCUT2D eigenvalue weighted by atomic mass is 10.1. The summed E-state index contributed by atoms with van der Waals surface area (Å²) in [5.41, 5.74) is 2.29. The molecule has 0 saturated carbocycles. The summed E-state index contributed by atoms with van der Waals surface area (Å²) in [4.78, 5) is 24.9. The van der Waals surface area contributed by atoms with Gasteiger partial charge in [0.2, 0.25) is 0 Å². The Bertz CT molecular complexity index is 1230. The summed E-state index contributed by atoms with van der Waals surface area (Å²) in [6, 6.07) is 23.1. The molecule has 1 heterocycles. The van der Waals surface area contributed by atoms with Crippen molar-refractivity contribution in [3.05, 3.63) is 94.8 Å². The zero-order chi connectivity index (χ0) is 19.5. The Morgan fingerprint density at radius 3 is 2.61 bits per heavy atom. The van der Waals surface area contributed by atoms with Crippen LogP contribution in [0, 0.1) is 0 Å². The third kappa shape index (κ3) is 3.50. The van der Waals surface area contributed by atoms with Gasteiger partial charge in [-0.1, -0.05) is 36.4 Å². The first-order valence-corrected chi connectivity index (χ1v) is 8.73. The van der Waals surface area contributed by atoms with Crippen LogP contribution in [0.25, 0.3) is 22.1 Å². The van der Waals surface area contributed by atoms with Gasteiger partial charge in [-0.2, -0.15) is 0 Å². The first kappa shape index (κ1) is 17.5. The number of benzene rings is 3. The highest BCUT2D eigenvalue weighted by Gasteiger charge is 2.11. The van der Waals surface area contributed by atoms with Gasteiger partial charge in [0.15, 0.2) is 0 Å². The molecule has 138 valence electrons. The molecule has 5 heteroatoms. The number of carbonyl (C=O) groups excluding carboxylic acids is 1. The van der Waals surface area contributed by atoms with Gasteiger partial charge in [-0.3, -0.25) is 4.79 Å². The van der Waals surface area contributed by atoms with Crippen molar-refractivity contribution in [1.82, 2.24) is 0 Å². The van der Waals surface area contributed by atoms with Crippen molar-refractivity contribution in [2.45, 2.75) is 0 Å². The van der Waals surface area contributed by atoms with Gasteiger partial charge in [-0.05, 0) is 48.0 Å². The number of anilines is 1. The number of hydrogen-bond acceptors (Lipinski definition) is 4. The summed E-state index contributed by atoms with van der Waals surface area (Å²) < 4.78 is 10.6. The fourth-order valence-electron chi connectivity index (χ4n) is 3.00. The van der Waals surface area contributed by atoms with Crippen LogP contribution < -0.4 is 15.7 Å². The molecule has 3 aromatic carbocycles. The Kier molecular flexibility index (Phi) is 4.64. The number of nitrogens with one attached hydrogen (secondary N) is 1. The molecule has 0 fully saturated rings. The second kappa shape index (κ2) is 7.40. The molecule has 1 amide bonds. The van der Waals surface area contributed by atoms with Crippen molar-refractivity contribution < 1.29 is 13.9 Å². The smallest absolute Gasteiger partial charge is 0.344 e. The summed E-state index contributed by atoms with van der Waals surface area (Å²) in [6.45, 7) is 0. The lowest BCUT2D eigenvalue weighted by Gasteiger charge is -2.09. The lowest BCUT2D eigenvalue weighted by molar-refractivity contribution is 0.102. The van der Waals surface area contributed by atoms with E-state index >= 15 is 0 Å². The van der Waals surface area contributed by atoms with E-state index in [2.05, 4.69) is 5.32 Å². The number of carbonyl (C=O) groups is 1. The van der Waals surface area contributed by atoms with Crippen molar-refractivity contribution in [1.29, 1.82) is 0 Å². The molecule has 0 saturated heterocycles. The molecule has 0 radical (unpaired) electrons. The van der Waals surface area contributed by atoms with Crippen molar-refractivity contribution in [2.75, 3.05) is 12.4 Å².